The summed E-state index contributed by atoms with van der Waals surface area (Å²) >= 11 is 0. The Kier molecular flexibility index (Phi) is 6.24. The van der Waals surface area contributed by atoms with E-state index in [1.807, 2.05) is 24.6 Å². The molecule has 0 aliphatic carbocycles. The molecule has 0 spiro atoms. The van der Waals surface area contributed by atoms with E-state index in [0.29, 0.717) is 12.1 Å². The van der Waals surface area contributed by atoms with Crippen molar-refractivity contribution in [2.24, 2.45) is 0 Å². The molecule has 6 nitrogen and oxygen atoms in total. The van der Waals surface area contributed by atoms with Gasteiger partial charge in [0.05, 0.1) is 12.2 Å². The second-order valence-electron chi connectivity index (χ2n) is 6.87. The van der Waals surface area contributed by atoms with Crippen molar-refractivity contribution in [3.63, 3.8) is 0 Å². The number of hydrogen-bond acceptors (Lipinski definition) is 3. The molecule has 0 aliphatic heterocycles. The highest BCUT2D eigenvalue weighted by Crippen LogP contribution is 2.16. The van der Waals surface area contributed by atoms with Crippen LogP contribution in [0, 0.1) is 20.8 Å². The lowest BCUT2D eigenvalue weighted by Crippen LogP contribution is -2.40. The molecule has 1 heterocycles. The molecule has 0 aliphatic rings. The van der Waals surface area contributed by atoms with Gasteiger partial charge >= 0.3 is 0 Å². The van der Waals surface area contributed by atoms with Gasteiger partial charge in [-0.3, -0.25) is 25.1 Å². The van der Waals surface area contributed by atoms with E-state index in [4.69, 9.17) is 0 Å². The Hall–Kier alpha value is -3.67. The van der Waals surface area contributed by atoms with Crippen LogP contribution in [-0.2, 0) is 11.3 Å². The van der Waals surface area contributed by atoms with Crippen molar-refractivity contribution >= 4 is 17.9 Å². The SMILES string of the molecule is Cc1ccc(Cn2nc(C)c(/C=C/C(=O)NNC(=O)c3ccccc3)c2C)cc1. The van der Waals surface area contributed by atoms with Crippen molar-refractivity contribution in [1.82, 2.24) is 20.6 Å². The smallest absolute Gasteiger partial charge is 0.268 e. The lowest BCUT2D eigenvalue weighted by Gasteiger charge is -2.06. The van der Waals surface area contributed by atoms with E-state index < -0.39 is 5.91 Å². The molecule has 3 aromatic rings. The number of amides is 2. The minimum atomic E-state index is -0.417. The van der Waals surface area contributed by atoms with E-state index >= 15 is 0 Å². The fourth-order valence-corrected chi connectivity index (χ4v) is 2.95. The second kappa shape index (κ2) is 9.01. The fourth-order valence-electron chi connectivity index (χ4n) is 2.95. The van der Waals surface area contributed by atoms with Gasteiger partial charge in [0.15, 0.2) is 0 Å². The molecule has 2 N–H and O–H groups in total. The highest BCUT2D eigenvalue weighted by Gasteiger charge is 2.10. The molecule has 0 saturated carbocycles. The normalized spacial score (nSPS) is 10.9. The van der Waals surface area contributed by atoms with Crippen LogP contribution in [0.4, 0.5) is 0 Å². The lowest BCUT2D eigenvalue weighted by molar-refractivity contribution is -0.117. The van der Waals surface area contributed by atoms with Crippen LogP contribution in [0.2, 0.25) is 0 Å². The zero-order chi connectivity index (χ0) is 20.8. The maximum absolute atomic E-state index is 12.1. The van der Waals surface area contributed by atoms with Crippen LogP contribution in [0.15, 0.2) is 60.7 Å². The van der Waals surface area contributed by atoms with Gasteiger partial charge in [0.1, 0.15) is 0 Å². The van der Waals surface area contributed by atoms with Gasteiger partial charge in [-0.15, -0.1) is 0 Å². The summed E-state index contributed by atoms with van der Waals surface area (Å²) in [7, 11) is 0. The number of hydrazine groups is 1. The van der Waals surface area contributed by atoms with E-state index in [-0.39, 0.29) is 5.91 Å². The van der Waals surface area contributed by atoms with Crippen molar-refractivity contribution in [1.29, 1.82) is 0 Å². The molecule has 0 atom stereocenters. The fraction of sp³-hybridized carbons (Fsp3) is 0.174. The van der Waals surface area contributed by atoms with Gasteiger partial charge in [-0.2, -0.15) is 5.10 Å². The molecule has 0 bridgehead atoms. The minimum absolute atomic E-state index is 0.370. The molecule has 2 amide bonds. The molecular formula is C23H24N4O2. The largest absolute Gasteiger partial charge is 0.269 e. The van der Waals surface area contributed by atoms with E-state index in [9.17, 15) is 9.59 Å². The van der Waals surface area contributed by atoms with Crippen LogP contribution >= 0.6 is 0 Å². The van der Waals surface area contributed by atoms with Crippen LogP contribution in [-0.4, -0.2) is 21.6 Å². The number of aromatic nitrogens is 2. The number of rotatable bonds is 5. The Morgan fingerprint density at radius 3 is 2.34 bits per heavy atom. The van der Waals surface area contributed by atoms with Gasteiger partial charge in [0, 0.05) is 22.9 Å². The van der Waals surface area contributed by atoms with Crippen molar-refractivity contribution < 1.29 is 9.59 Å². The van der Waals surface area contributed by atoms with Gasteiger partial charge in [0.25, 0.3) is 11.8 Å². The predicted octanol–water partition coefficient (Wildman–Crippen LogP) is 3.33. The molecule has 0 fully saturated rings. The number of carbonyl (C=O) groups is 2. The number of hydrogen-bond donors (Lipinski definition) is 2. The van der Waals surface area contributed by atoms with Crippen LogP contribution < -0.4 is 10.9 Å². The van der Waals surface area contributed by atoms with Crippen molar-refractivity contribution in [3.8, 4) is 0 Å². The summed E-state index contributed by atoms with van der Waals surface area (Å²) in [6.45, 7) is 6.61. The van der Waals surface area contributed by atoms with E-state index in [1.54, 1.807) is 30.3 Å². The summed E-state index contributed by atoms with van der Waals surface area (Å²) in [6.07, 6.45) is 3.10. The quantitative estimate of drug-likeness (QED) is 0.520. The first-order valence-electron chi connectivity index (χ1n) is 9.37. The number of nitrogens with one attached hydrogen (secondary N) is 2. The van der Waals surface area contributed by atoms with Crippen LogP contribution in [0.1, 0.15) is 38.4 Å². The Labute approximate surface area is 170 Å². The van der Waals surface area contributed by atoms with E-state index in [2.05, 4.69) is 47.1 Å². The zero-order valence-electron chi connectivity index (χ0n) is 16.8. The third-order valence-corrected chi connectivity index (χ3v) is 4.63. The average Bonchev–Trinajstić information content (AvgIpc) is 2.99. The molecule has 0 radical (unpaired) electrons. The summed E-state index contributed by atoms with van der Waals surface area (Å²) in [4.78, 5) is 24.0. The van der Waals surface area contributed by atoms with Crippen molar-refractivity contribution in [2.45, 2.75) is 27.3 Å². The van der Waals surface area contributed by atoms with Gasteiger partial charge in [-0.1, -0.05) is 48.0 Å². The summed E-state index contributed by atoms with van der Waals surface area (Å²) in [5, 5.41) is 4.58. The molecule has 3 rings (SSSR count). The van der Waals surface area contributed by atoms with Gasteiger partial charge in [-0.05, 0) is 44.5 Å². The highest BCUT2D eigenvalue weighted by atomic mass is 16.2. The summed E-state index contributed by atoms with van der Waals surface area (Å²) in [6, 6.07) is 17.0. The Balaban J connectivity index is 1.62. The van der Waals surface area contributed by atoms with Crippen LogP contribution in [0.25, 0.3) is 6.08 Å². The first-order chi connectivity index (χ1) is 13.9. The predicted molar refractivity (Wildman–Crippen MR) is 113 cm³/mol. The van der Waals surface area contributed by atoms with Crippen LogP contribution in [0.3, 0.4) is 0 Å². The summed E-state index contributed by atoms with van der Waals surface area (Å²) in [5.74, 6) is -0.787. The number of carbonyl (C=O) groups excluding carboxylic acids is 2. The van der Waals surface area contributed by atoms with Crippen molar-refractivity contribution in [3.05, 3.63) is 94.3 Å². The number of aryl methyl sites for hydroxylation is 2. The summed E-state index contributed by atoms with van der Waals surface area (Å²) in [5.41, 5.74) is 10.3. The average molecular weight is 388 g/mol. The number of nitrogens with zero attached hydrogens (tertiary/aromatic N) is 2. The molecule has 2 aromatic carbocycles. The Bertz CT molecular complexity index is 1030. The van der Waals surface area contributed by atoms with E-state index in [0.717, 1.165) is 22.5 Å². The molecule has 29 heavy (non-hydrogen) atoms. The van der Waals surface area contributed by atoms with Gasteiger partial charge in [0.2, 0.25) is 0 Å². The van der Waals surface area contributed by atoms with Gasteiger partial charge in [-0.25, -0.2) is 0 Å². The minimum Gasteiger partial charge on any atom is -0.268 e. The third-order valence-electron chi connectivity index (χ3n) is 4.63. The van der Waals surface area contributed by atoms with E-state index in [1.165, 1.54) is 11.6 Å². The highest BCUT2D eigenvalue weighted by molar-refractivity contribution is 5.97. The molecule has 0 unspecified atom stereocenters. The molecule has 148 valence electrons. The topological polar surface area (TPSA) is 76.0 Å². The summed E-state index contributed by atoms with van der Waals surface area (Å²) < 4.78 is 1.93. The number of benzene rings is 2. The monoisotopic (exact) mass is 388 g/mol. The molecular weight excluding hydrogens is 364 g/mol. The molecule has 0 saturated heterocycles. The van der Waals surface area contributed by atoms with Gasteiger partial charge < -0.3 is 0 Å². The molecule has 1 aromatic heterocycles. The van der Waals surface area contributed by atoms with Crippen molar-refractivity contribution in [2.75, 3.05) is 0 Å². The molecule has 6 heteroatoms. The maximum atomic E-state index is 12.1. The first kappa shape index (κ1) is 20.1. The lowest BCUT2D eigenvalue weighted by atomic mass is 10.1. The van der Waals surface area contributed by atoms with Crippen LogP contribution in [0.5, 0.6) is 0 Å². The Morgan fingerprint density at radius 1 is 0.966 bits per heavy atom. The standard InChI is InChI=1S/C23H24N4O2/c1-16-9-11-19(12-10-16)15-27-18(3)21(17(2)26-27)13-14-22(28)24-25-23(29)20-7-5-4-6-8-20/h4-14H,15H2,1-3H3,(H,24,28)(H,25,29)/b14-13+. The third kappa shape index (κ3) is 5.19. The first-order valence-corrected chi connectivity index (χ1v) is 9.37. The Morgan fingerprint density at radius 2 is 1.66 bits per heavy atom. The maximum Gasteiger partial charge on any atom is 0.269 e. The zero-order valence-corrected chi connectivity index (χ0v) is 16.8. The second-order valence-corrected chi connectivity index (χ2v) is 6.87.